The predicted molar refractivity (Wildman–Crippen MR) is 189 cm³/mol. The number of rotatable bonds is 28. The molecule has 0 aromatic heterocycles. The van der Waals surface area contributed by atoms with Gasteiger partial charge in [-0.15, -0.1) is 0 Å². The zero-order valence-corrected chi connectivity index (χ0v) is 31.1. The molecule has 0 aromatic carbocycles. The molecule has 0 radical (unpaired) electrons. The Morgan fingerprint density at radius 3 is 1.67 bits per heavy atom. The SMILES string of the molecule is CCCCCCCCCC(=O)NCC(=O)N[C@@H](C)C(=O)N[C@H](CCC(=O)N[C@@H](CCCCNC(C)=O)C(=O)N[C@H](C)C(=O)N[C@H](C)C(=O)O)C(=O)O. The molecular formula is C34H59N7O11. The van der Waals surface area contributed by atoms with E-state index in [2.05, 4.69) is 44.1 Å². The molecule has 0 spiro atoms. The molecule has 0 bridgehead atoms. The summed E-state index contributed by atoms with van der Waals surface area (Å²) < 4.78 is 0. The molecule has 0 aliphatic carbocycles. The van der Waals surface area contributed by atoms with Gasteiger partial charge < -0.3 is 47.4 Å². The van der Waals surface area contributed by atoms with E-state index in [1.54, 1.807) is 0 Å². The summed E-state index contributed by atoms with van der Waals surface area (Å²) in [6.07, 6.45) is 7.70. The Morgan fingerprint density at radius 1 is 0.500 bits per heavy atom. The molecule has 0 saturated carbocycles. The van der Waals surface area contributed by atoms with Crippen molar-refractivity contribution in [1.82, 2.24) is 37.2 Å². The summed E-state index contributed by atoms with van der Waals surface area (Å²) in [6, 6.07) is -6.22. The van der Waals surface area contributed by atoms with Crippen molar-refractivity contribution in [1.29, 1.82) is 0 Å². The number of unbranched alkanes of at least 4 members (excludes halogenated alkanes) is 7. The maximum Gasteiger partial charge on any atom is 0.326 e. The Hall–Kier alpha value is -4.77. The van der Waals surface area contributed by atoms with Crippen LogP contribution >= 0.6 is 0 Å². The van der Waals surface area contributed by atoms with Crippen molar-refractivity contribution in [2.75, 3.05) is 13.1 Å². The van der Waals surface area contributed by atoms with Crippen LogP contribution in [-0.4, -0.2) is 107 Å². The number of hydrogen-bond acceptors (Lipinski definition) is 9. The lowest BCUT2D eigenvalue weighted by Crippen LogP contribution is -2.54. The van der Waals surface area contributed by atoms with Crippen molar-refractivity contribution in [3.8, 4) is 0 Å². The molecule has 0 saturated heterocycles. The van der Waals surface area contributed by atoms with Crippen LogP contribution in [0.1, 0.15) is 118 Å². The average Bonchev–Trinajstić information content (AvgIpc) is 3.07. The Morgan fingerprint density at radius 2 is 1.08 bits per heavy atom. The molecule has 296 valence electrons. The van der Waals surface area contributed by atoms with Crippen molar-refractivity contribution >= 4 is 53.3 Å². The summed E-state index contributed by atoms with van der Waals surface area (Å²) in [7, 11) is 0. The Kier molecular flexibility index (Phi) is 24.5. The van der Waals surface area contributed by atoms with E-state index in [9.17, 15) is 48.3 Å². The van der Waals surface area contributed by atoms with Gasteiger partial charge in [0.05, 0.1) is 6.54 Å². The summed E-state index contributed by atoms with van der Waals surface area (Å²) in [5, 5.41) is 35.6. The lowest BCUT2D eigenvalue weighted by atomic mass is 10.1. The molecule has 0 heterocycles. The Bertz CT molecular complexity index is 1210. The quantitative estimate of drug-likeness (QED) is 0.0481. The Labute approximate surface area is 305 Å². The average molecular weight is 742 g/mol. The molecule has 9 N–H and O–H groups in total. The topological polar surface area (TPSA) is 278 Å². The normalized spacial score (nSPS) is 13.6. The van der Waals surface area contributed by atoms with Gasteiger partial charge in [-0.05, 0) is 52.9 Å². The van der Waals surface area contributed by atoms with Crippen LogP contribution in [-0.2, 0) is 43.2 Å². The number of carbonyl (C=O) groups excluding carboxylic acids is 7. The molecule has 7 amide bonds. The second-order valence-electron chi connectivity index (χ2n) is 12.8. The molecule has 18 heteroatoms. The van der Waals surface area contributed by atoms with E-state index in [-0.39, 0.29) is 37.6 Å². The van der Waals surface area contributed by atoms with Crippen LogP contribution in [0.5, 0.6) is 0 Å². The molecule has 0 fully saturated rings. The van der Waals surface area contributed by atoms with Gasteiger partial charge in [-0.2, -0.15) is 0 Å². The highest BCUT2D eigenvalue weighted by molar-refractivity contribution is 5.94. The summed E-state index contributed by atoms with van der Waals surface area (Å²) in [5.41, 5.74) is 0. The third-order valence-electron chi connectivity index (χ3n) is 7.93. The summed E-state index contributed by atoms with van der Waals surface area (Å²) in [5.74, 6) is -6.99. The maximum atomic E-state index is 13.0. The number of amides is 7. The molecule has 18 nitrogen and oxygen atoms in total. The molecule has 0 aromatic rings. The molecular weight excluding hydrogens is 682 g/mol. The fraction of sp³-hybridized carbons (Fsp3) is 0.735. The van der Waals surface area contributed by atoms with Gasteiger partial charge in [-0.3, -0.25) is 38.4 Å². The number of carboxylic acids is 2. The lowest BCUT2D eigenvalue weighted by Gasteiger charge is -2.22. The molecule has 52 heavy (non-hydrogen) atoms. The second kappa shape index (κ2) is 27.0. The molecule has 0 rings (SSSR count). The fourth-order valence-corrected chi connectivity index (χ4v) is 4.75. The van der Waals surface area contributed by atoms with E-state index in [4.69, 9.17) is 5.11 Å². The largest absolute Gasteiger partial charge is 0.480 e. The van der Waals surface area contributed by atoms with Crippen LogP contribution in [0.25, 0.3) is 0 Å². The highest BCUT2D eigenvalue weighted by Crippen LogP contribution is 2.08. The van der Waals surface area contributed by atoms with Gasteiger partial charge in [0.25, 0.3) is 0 Å². The van der Waals surface area contributed by atoms with E-state index in [1.165, 1.54) is 40.5 Å². The molecule has 0 aliphatic rings. The van der Waals surface area contributed by atoms with Crippen molar-refractivity contribution in [2.45, 2.75) is 148 Å². The molecule has 5 atom stereocenters. The van der Waals surface area contributed by atoms with Crippen molar-refractivity contribution in [3.05, 3.63) is 0 Å². The van der Waals surface area contributed by atoms with Crippen LogP contribution in [0.2, 0.25) is 0 Å². The Balaban J connectivity index is 5.03. The summed E-state index contributed by atoms with van der Waals surface area (Å²) >= 11 is 0. The first kappa shape index (κ1) is 47.2. The molecule has 0 unspecified atom stereocenters. The van der Waals surface area contributed by atoms with Crippen LogP contribution in [0, 0.1) is 0 Å². The smallest absolute Gasteiger partial charge is 0.326 e. The third kappa shape index (κ3) is 22.8. The van der Waals surface area contributed by atoms with Crippen LogP contribution in [0.3, 0.4) is 0 Å². The standard InChI is InChI=1S/C34H59N7O11/c1-6-7-8-9-10-11-12-16-27(43)36-20-29(45)37-21(2)31(47)41-26(34(51)52)17-18-28(44)40-25(15-13-14-19-35-24(5)42)32(48)38-22(3)30(46)39-23(4)33(49)50/h21-23,25-26H,6-20H2,1-5H3,(H,35,42)(H,36,43)(H,37,45)(H,38,48)(H,39,46)(H,40,44)(H,41,47)(H,49,50)(H,51,52)/t21-,22+,23+,25-,26+/m0/s1. The van der Waals surface area contributed by atoms with Crippen molar-refractivity contribution < 1.29 is 53.4 Å². The number of carbonyl (C=O) groups is 9. The highest BCUT2D eigenvalue weighted by atomic mass is 16.4. The number of nitrogens with one attached hydrogen (secondary N) is 7. The number of carboxylic acid groups (broad SMARTS) is 2. The van der Waals surface area contributed by atoms with Gasteiger partial charge in [0, 0.05) is 26.3 Å². The first-order chi connectivity index (χ1) is 24.5. The summed E-state index contributed by atoms with van der Waals surface area (Å²) in [6.45, 7) is 7.35. The number of hydrogen-bond donors (Lipinski definition) is 9. The van der Waals surface area contributed by atoms with Crippen LogP contribution in [0.4, 0.5) is 0 Å². The van der Waals surface area contributed by atoms with E-state index < -0.39 is 78.1 Å². The van der Waals surface area contributed by atoms with Gasteiger partial charge in [-0.25, -0.2) is 4.79 Å². The first-order valence-electron chi connectivity index (χ1n) is 17.9. The van der Waals surface area contributed by atoms with Gasteiger partial charge in [0.2, 0.25) is 41.4 Å². The minimum absolute atomic E-state index is 0.0902. The minimum Gasteiger partial charge on any atom is -0.480 e. The van der Waals surface area contributed by atoms with Crippen LogP contribution < -0.4 is 37.2 Å². The first-order valence-corrected chi connectivity index (χ1v) is 17.9. The predicted octanol–water partition coefficient (Wildman–Crippen LogP) is -0.0172. The van der Waals surface area contributed by atoms with Gasteiger partial charge >= 0.3 is 11.9 Å². The van der Waals surface area contributed by atoms with E-state index in [1.807, 2.05) is 0 Å². The van der Waals surface area contributed by atoms with Crippen LogP contribution in [0.15, 0.2) is 0 Å². The van der Waals surface area contributed by atoms with Gasteiger partial charge in [0.15, 0.2) is 0 Å². The second-order valence-corrected chi connectivity index (χ2v) is 12.8. The highest BCUT2D eigenvalue weighted by Gasteiger charge is 2.28. The van der Waals surface area contributed by atoms with E-state index in [0.717, 1.165) is 25.7 Å². The fourth-order valence-electron chi connectivity index (χ4n) is 4.75. The zero-order valence-electron chi connectivity index (χ0n) is 31.1. The van der Waals surface area contributed by atoms with Crippen molar-refractivity contribution in [3.63, 3.8) is 0 Å². The van der Waals surface area contributed by atoms with E-state index in [0.29, 0.717) is 25.8 Å². The monoisotopic (exact) mass is 741 g/mol. The van der Waals surface area contributed by atoms with Gasteiger partial charge in [-0.1, -0.05) is 45.4 Å². The third-order valence-corrected chi connectivity index (χ3v) is 7.93. The lowest BCUT2D eigenvalue weighted by molar-refractivity contribution is -0.143. The summed E-state index contributed by atoms with van der Waals surface area (Å²) in [4.78, 5) is 109. The number of aliphatic carboxylic acids is 2. The zero-order chi connectivity index (χ0) is 39.6. The van der Waals surface area contributed by atoms with Gasteiger partial charge in [0.1, 0.15) is 30.2 Å². The molecule has 0 aliphatic heterocycles. The van der Waals surface area contributed by atoms with Crippen molar-refractivity contribution in [2.24, 2.45) is 0 Å². The van der Waals surface area contributed by atoms with E-state index >= 15 is 0 Å². The minimum atomic E-state index is -1.52. The maximum absolute atomic E-state index is 13.0.